The predicted molar refractivity (Wildman–Crippen MR) is 58.0 cm³/mol. The van der Waals surface area contributed by atoms with E-state index in [1.54, 1.807) is 6.08 Å². The second kappa shape index (κ2) is 3.20. The van der Waals surface area contributed by atoms with Gasteiger partial charge in [0.1, 0.15) is 5.76 Å². The van der Waals surface area contributed by atoms with Crippen molar-refractivity contribution in [1.29, 1.82) is 0 Å². The van der Waals surface area contributed by atoms with Gasteiger partial charge in [0, 0.05) is 12.5 Å². The predicted octanol–water partition coefficient (Wildman–Crippen LogP) is 1.58. The smallest absolute Gasteiger partial charge is 0.371 e. The molecule has 0 atom stereocenters. The summed E-state index contributed by atoms with van der Waals surface area (Å²) in [5.74, 6) is -0.482. The van der Waals surface area contributed by atoms with Gasteiger partial charge in [-0.1, -0.05) is 12.2 Å². The van der Waals surface area contributed by atoms with Crippen LogP contribution in [0.25, 0.3) is 0 Å². The number of rotatable bonds is 1. The Kier molecular flexibility index (Phi) is 1.83. The highest BCUT2D eigenvalue weighted by atomic mass is 16.5. The van der Waals surface area contributed by atoms with Crippen molar-refractivity contribution in [3.63, 3.8) is 0 Å². The molecule has 2 heterocycles. The number of ether oxygens (including phenoxy) is 1. The van der Waals surface area contributed by atoms with E-state index in [9.17, 15) is 4.79 Å². The van der Waals surface area contributed by atoms with Gasteiger partial charge in [-0.25, -0.2) is 4.79 Å². The minimum atomic E-state index is -1.05. The number of hydrogen-bond acceptors (Lipinski definition) is 3. The van der Waals surface area contributed by atoms with Gasteiger partial charge >= 0.3 is 5.97 Å². The topological polar surface area (TPSA) is 58.9 Å². The molecule has 0 radical (unpaired) electrons. The summed E-state index contributed by atoms with van der Waals surface area (Å²) in [7, 11) is 0. The highest BCUT2D eigenvalue weighted by Crippen LogP contribution is 2.33. The lowest BCUT2D eigenvalue weighted by atomic mass is 9.92. The highest BCUT2D eigenvalue weighted by molar-refractivity contribution is 6.12. The minimum Gasteiger partial charge on any atom is -0.475 e. The number of carbonyl (C=O) groups is 1. The maximum absolute atomic E-state index is 10.8. The van der Waals surface area contributed by atoms with Crippen LogP contribution in [0.5, 0.6) is 0 Å². The molecule has 0 fully saturated rings. The molecule has 4 heteroatoms. The third-order valence-electron chi connectivity index (χ3n) is 2.76. The Morgan fingerprint density at radius 3 is 3.06 bits per heavy atom. The molecule has 1 aliphatic carbocycles. The minimum absolute atomic E-state index is 0.0407. The Morgan fingerprint density at radius 1 is 1.38 bits per heavy atom. The second-order valence-electron chi connectivity index (χ2n) is 3.77. The first-order valence-electron chi connectivity index (χ1n) is 5.02. The van der Waals surface area contributed by atoms with Crippen molar-refractivity contribution in [3.8, 4) is 0 Å². The lowest BCUT2D eigenvalue weighted by molar-refractivity contribution is -0.135. The van der Waals surface area contributed by atoms with Crippen LogP contribution in [-0.2, 0) is 9.53 Å². The number of aliphatic imine (C=N–C) groups is 1. The quantitative estimate of drug-likeness (QED) is 0.722. The molecule has 0 aromatic carbocycles. The summed E-state index contributed by atoms with van der Waals surface area (Å²) >= 11 is 0. The number of nitrogens with zero attached hydrogens (tertiary/aromatic N) is 1. The van der Waals surface area contributed by atoms with E-state index in [4.69, 9.17) is 9.84 Å². The third-order valence-corrected chi connectivity index (χ3v) is 2.76. The molecule has 0 saturated heterocycles. The van der Waals surface area contributed by atoms with Gasteiger partial charge in [0.15, 0.2) is 0 Å². The van der Waals surface area contributed by atoms with Crippen molar-refractivity contribution in [2.75, 3.05) is 6.54 Å². The maximum atomic E-state index is 10.8. The standard InChI is InChI=1S/C12H9NO3/c14-12(15)10-2-1-8-5-7-3-4-13-9(7)6-11(8)16-10/h1-3,6H,4-5H2,(H,14,15). The summed E-state index contributed by atoms with van der Waals surface area (Å²) in [5.41, 5.74) is 3.13. The zero-order chi connectivity index (χ0) is 11.1. The summed E-state index contributed by atoms with van der Waals surface area (Å²) in [6.45, 7) is 0.709. The van der Waals surface area contributed by atoms with E-state index in [1.807, 2.05) is 6.08 Å². The third kappa shape index (κ3) is 1.31. The van der Waals surface area contributed by atoms with Gasteiger partial charge in [-0.3, -0.25) is 4.99 Å². The van der Waals surface area contributed by atoms with E-state index in [2.05, 4.69) is 11.1 Å². The van der Waals surface area contributed by atoms with Crippen molar-refractivity contribution in [2.45, 2.75) is 6.42 Å². The van der Waals surface area contributed by atoms with E-state index in [-0.39, 0.29) is 5.76 Å². The molecule has 0 unspecified atom stereocenters. The molecule has 3 rings (SSSR count). The number of carboxylic acid groups (broad SMARTS) is 1. The molecule has 80 valence electrons. The van der Waals surface area contributed by atoms with Gasteiger partial charge in [0.05, 0.1) is 12.3 Å². The van der Waals surface area contributed by atoms with Gasteiger partial charge in [-0.15, -0.1) is 0 Å². The Bertz CT molecular complexity index is 532. The summed E-state index contributed by atoms with van der Waals surface area (Å²) in [5, 5.41) is 8.82. The summed E-state index contributed by atoms with van der Waals surface area (Å²) in [6, 6.07) is 0. The van der Waals surface area contributed by atoms with Crippen molar-refractivity contribution in [2.24, 2.45) is 4.99 Å². The van der Waals surface area contributed by atoms with E-state index >= 15 is 0 Å². The molecular weight excluding hydrogens is 206 g/mol. The Labute approximate surface area is 91.9 Å². The number of carboxylic acids is 1. The van der Waals surface area contributed by atoms with Crippen LogP contribution in [0.3, 0.4) is 0 Å². The lowest BCUT2D eigenvalue weighted by Crippen LogP contribution is -2.15. The van der Waals surface area contributed by atoms with Crippen LogP contribution in [0.4, 0.5) is 0 Å². The summed E-state index contributed by atoms with van der Waals surface area (Å²) < 4.78 is 5.31. The first-order chi connectivity index (χ1) is 7.74. The molecule has 0 aromatic rings. The largest absolute Gasteiger partial charge is 0.475 e. The average Bonchev–Trinajstić information content (AvgIpc) is 2.71. The molecule has 1 N–H and O–H groups in total. The lowest BCUT2D eigenvalue weighted by Gasteiger charge is -2.22. The SMILES string of the molecule is O=C(O)C1=CC=C2CC3=CCN=C3C=C2O1. The molecule has 3 aliphatic rings. The van der Waals surface area contributed by atoms with Crippen LogP contribution in [0.15, 0.2) is 52.0 Å². The molecule has 0 spiro atoms. The molecule has 4 nitrogen and oxygen atoms in total. The Balaban J connectivity index is 2.01. The molecule has 2 aliphatic heterocycles. The van der Waals surface area contributed by atoms with E-state index in [0.717, 1.165) is 17.7 Å². The fourth-order valence-corrected chi connectivity index (χ4v) is 1.95. The summed E-state index contributed by atoms with van der Waals surface area (Å²) in [4.78, 5) is 15.1. The van der Waals surface area contributed by atoms with Crippen LogP contribution in [0, 0.1) is 0 Å². The molecule has 0 bridgehead atoms. The normalized spacial score (nSPS) is 21.6. The molecule has 0 aromatic heterocycles. The van der Waals surface area contributed by atoms with E-state index in [1.165, 1.54) is 11.6 Å². The van der Waals surface area contributed by atoms with Gasteiger partial charge in [0.25, 0.3) is 0 Å². The van der Waals surface area contributed by atoms with Crippen LogP contribution < -0.4 is 0 Å². The molecular formula is C12H9NO3. The van der Waals surface area contributed by atoms with Crippen molar-refractivity contribution < 1.29 is 14.6 Å². The summed E-state index contributed by atoms with van der Waals surface area (Å²) in [6.07, 6.45) is 7.96. The van der Waals surface area contributed by atoms with Gasteiger partial charge in [-0.2, -0.15) is 0 Å². The Morgan fingerprint density at radius 2 is 2.25 bits per heavy atom. The number of aliphatic carboxylic acids is 1. The van der Waals surface area contributed by atoms with Gasteiger partial charge < -0.3 is 9.84 Å². The van der Waals surface area contributed by atoms with Crippen LogP contribution in [0.1, 0.15) is 6.42 Å². The molecule has 0 saturated carbocycles. The molecule has 16 heavy (non-hydrogen) atoms. The van der Waals surface area contributed by atoms with Gasteiger partial charge in [-0.05, 0) is 17.2 Å². The number of allylic oxidation sites excluding steroid dienone is 5. The zero-order valence-corrected chi connectivity index (χ0v) is 8.43. The van der Waals surface area contributed by atoms with Crippen LogP contribution in [0.2, 0.25) is 0 Å². The average molecular weight is 215 g/mol. The van der Waals surface area contributed by atoms with E-state index < -0.39 is 5.97 Å². The van der Waals surface area contributed by atoms with E-state index in [0.29, 0.717) is 12.3 Å². The van der Waals surface area contributed by atoms with Crippen molar-refractivity contribution in [3.05, 3.63) is 47.0 Å². The first-order valence-corrected chi connectivity index (χ1v) is 5.02. The zero-order valence-electron chi connectivity index (χ0n) is 8.43. The van der Waals surface area contributed by atoms with Crippen LogP contribution >= 0.6 is 0 Å². The van der Waals surface area contributed by atoms with Crippen molar-refractivity contribution in [1.82, 2.24) is 0 Å². The molecule has 0 amide bonds. The second-order valence-corrected chi connectivity index (χ2v) is 3.77. The Hall–Kier alpha value is -2.10. The monoisotopic (exact) mass is 215 g/mol. The maximum Gasteiger partial charge on any atom is 0.371 e. The van der Waals surface area contributed by atoms with Crippen molar-refractivity contribution >= 4 is 11.7 Å². The fraction of sp³-hybridized carbons (Fsp3) is 0.167. The first kappa shape index (κ1) is 9.15. The number of hydrogen-bond donors (Lipinski definition) is 1. The highest BCUT2D eigenvalue weighted by Gasteiger charge is 2.26. The van der Waals surface area contributed by atoms with Crippen LogP contribution in [-0.4, -0.2) is 23.3 Å². The van der Waals surface area contributed by atoms with Gasteiger partial charge in [0.2, 0.25) is 5.76 Å². The number of fused-ring (bicyclic) bond motifs is 2. The fourth-order valence-electron chi connectivity index (χ4n) is 1.95.